The maximum Gasteiger partial charge on any atom is 0.134 e. The lowest BCUT2D eigenvalue weighted by molar-refractivity contribution is 0.144. The van der Waals surface area contributed by atoms with Gasteiger partial charge in [-0.3, -0.25) is 0 Å². The van der Waals surface area contributed by atoms with Crippen molar-refractivity contribution in [2.24, 2.45) is 5.11 Å². The van der Waals surface area contributed by atoms with Crippen LogP contribution < -0.4 is 5.32 Å². The highest BCUT2D eigenvalue weighted by Crippen LogP contribution is 2.34. The summed E-state index contributed by atoms with van der Waals surface area (Å²) in [5.74, 6) is 0.805. The monoisotopic (exact) mass is 268 g/mol. The second kappa shape index (κ2) is 5.56. The van der Waals surface area contributed by atoms with Crippen molar-refractivity contribution in [2.75, 3.05) is 18.7 Å². The van der Waals surface area contributed by atoms with Gasteiger partial charge in [0.25, 0.3) is 0 Å². The molecule has 1 aliphatic rings. The molecule has 100 valence electrons. The largest absolute Gasteiger partial charge is 0.375 e. The molecule has 0 amide bonds. The first-order valence-corrected chi connectivity index (χ1v) is 6.18. The molecule has 0 aliphatic carbocycles. The summed E-state index contributed by atoms with van der Waals surface area (Å²) in [5, 5.41) is 6.57. The zero-order valence-electron chi connectivity index (χ0n) is 10.7. The van der Waals surface area contributed by atoms with Gasteiger partial charge in [-0.05, 0) is 23.6 Å². The van der Waals surface area contributed by atoms with E-state index in [1.807, 2.05) is 18.2 Å². The molecule has 2 aromatic rings. The maximum atomic E-state index is 8.14. The zero-order chi connectivity index (χ0) is 13.8. The second-order valence-corrected chi connectivity index (χ2v) is 4.31. The van der Waals surface area contributed by atoms with Crippen LogP contribution in [-0.2, 0) is 11.2 Å². The molecule has 0 radical (unpaired) electrons. The number of anilines is 2. The first kappa shape index (κ1) is 12.4. The molecular formula is C13H12N6O. The van der Waals surface area contributed by atoms with E-state index in [9.17, 15) is 0 Å². The zero-order valence-corrected chi connectivity index (χ0v) is 10.7. The van der Waals surface area contributed by atoms with Gasteiger partial charge in [0.2, 0.25) is 0 Å². The first-order valence-electron chi connectivity index (χ1n) is 6.18. The predicted octanol–water partition coefficient (Wildman–Crippen LogP) is 3.03. The number of hydrogen-bond acceptors (Lipinski definition) is 5. The summed E-state index contributed by atoms with van der Waals surface area (Å²) in [4.78, 5) is 11.0. The van der Waals surface area contributed by atoms with Crippen LogP contribution in [0.5, 0.6) is 0 Å². The van der Waals surface area contributed by atoms with E-state index in [0.717, 1.165) is 34.7 Å². The van der Waals surface area contributed by atoms with Crippen LogP contribution in [-0.4, -0.2) is 23.3 Å². The maximum absolute atomic E-state index is 8.14. The Labute approximate surface area is 115 Å². The summed E-state index contributed by atoms with van der Waals surface area (Å²) >= 11 is 0. The molecular weight excluding hydrogens is 256 g/mol. The summed E-state index contributed by atoms with van der Waals surface area (Å²) < 4.78 is 5.20. The lowest BCUT2D eigenvalue weighted by Crippen LogP contribution is -2.05. The minimum absolute atomic E-state index is 0.0676. The molecule has 7 nitrogen and oxygen atoms in total. The molecule has 0 saturated heterocycles. The molecule has 0 unspecified atom stereocenters. The first-order chi connectivity index (χ1) is 9.86. The van der Waals surface area contributed by atoms with E-state index in [1.165, 1.54) is 0 Å². The number of ether oxygens (including phenoxy) is 1. The van der Waals surface area contributed by atoms with Crippen LogP contribution in [0.2, 0.25) is 0 Å². The highest BCUT2D eigenvalue weighted by atomic mass is 16.5. The van der Waals surface area contributed by atoms with Crippen LogP contribution in [0.25, 0.3) is 21.7 Å². The number of hydrogen-bond donors (Lipinski definition) is 1. The molecule has 1 N–H and O–H groups in total. The third-order valence-electron chi connectivity index (χ3n) is 3.04. The van der Waals surface area contributed by atoms with E-state index in [4.69, 9.17) is 10.3 Å². The van der Waals surface area contributed by atoms with Crippen LogP contribution >= 0.6 is 0 Å². The summed E-state index contributed by atoms with van der Waals surface area (Å²) in [6, 6.07) is 8.07. The van der Waals surface area contributed by atoms with Crippen molar-refractivity contribution in [2.45, 2.75) is 6.42 Å². The van der Waals surface area contributed by atoms with Gasteiger partial charge in [0, 0.05) is 22.2 Å². The Kier molecular flexibility index (Phi) is 3.45. The van der Waals surface area contributed by atoms with E-state index >= 15 is 0 Å². The molecule has 3 rings (SSSR count). The summed E-state index contributed by atoms with van der Waals surface area (Å²) in [6.45, 7) is 0.581. The number of benzene rings is 1. The van der Waals surface area contributed by atoms with Crippen LogP contribution in [0.15, 0.2) is 35.7 Å². The molecule has 20 heavy (non-hydrogen) atoms. The smallest absolute Gasteiger partial charge is 0.134 e. The van der Waals surface area contributed by atoms with Gasteiger partial charge in [0.1, 0.15) is 18.9 Å². The molecule has 1 aliphatic heterocycles. The molecule has 1 aromatic carbocycles. The lowest BCUT2D eigenvalue weighted by atomic mass is 10.0. The molecule has 0 atom stereocenters. The molecule has 1 aromatic heterocycles. The Morgan fingerprint density at radius 3 is 3.15 bits per heavy atom. The number of nitrogens with one attached hydrogen (secondary N) is 1. The van der Waals surface area contributed by atoms with Crippen LogP contribution in [0, 0.1) is 0 Å². The quantitative estimate of drug-likeness (QED) is 0.333. The number of nitrogens with zero attached hydrogens (tertiary/aromatic N) is 5. The van der Waals surface area contributed by atoms with Crippen molar-refractivity contribution >= 4 is 11.5 Å². The van der Waals surface area contributed by atoms with Gasteiger partial charge in [-0.1, -0.05) is 17.2 Å². The average Bonchev–Trinajstić information content (AvgIpc) is 2.47. The van der Waals surface area contributed by atoms with E-state index in [-0.39, 0.29) is 6.73 Å². The number of azide groups is 1. The lowest BCUT2D eigenvalue weighted by Gasteiger charge is -2.18. The van der Waals surface area contributed by atoms with Gasteiger partial charge in [0.15, 0.2) is 0 Å². The van der Waals surface area contributed by atoms with Gasteiger partial charge in [-0.2, -0.15) is 0 Å². The predicted molar refractivity (Wildman–Crippen MR) is 74.4 cm³/mol. The van der Waals surface area contributed by atoms with Crippen molar-refractivity contribution in [1.82, 2.24) is 9.97 Å². The van der Waals surface area contributed by atoms with Crippen molar-refractivity contribution in [3.8, 4) is 11.3 Å². The van der Waals surface area contributed by atoms with Gasteiger partial charge in [-0.25, -0.2) is 9.97 Å². The summed E-state index contributed by atoms with van der Waals surface area (Å²) in [7, 11) is 0. The van der Waals surface area contributed by atoms with E-state index in [0.29, 0.717) is 6.61 Å². The Hall–Kier alpha value is -2.63. The Morgan fingerprint density at radius 1 is 1.30 bits per heavy atom. The van der Waals surface area contributed by atoms with Crippen molar-refractivity contribution in [3.63, 3.8) is 0 Å². The van der Waals surface area contributed by atoms with Crippen LogP contribution in [0.4, 0.5) is 11.5 Å². The molecule has 2 heterocycles. The summed E-state index contributed by atoms with van der Waals surface area (Å²) in [5.41, 5.74) is 12.3. The molecule has 0 fully saturated rings. The van der Waals surface area contributed by atoms with Gasteiger partial charge >= 0.3 is 0 Å². The number of rotatable bonds is 5. The standard InChI is InChI=1S/C13H12N6O/c14-19-17-8-20-4-3-9-1-2-10-11-6-13(16-7-15-11)18-12(10)5-9/h1-2,5-7H,3-4,8H2,(H,15,16,18). The number of aromatic nitrogens is 2. The topological polar surface area (TPSA) is 95.8 Å². The number of fused-ring (bicyclic) bond motifs is 4. The van der Waals surface area contributed by atoms with Gasteiger partial charge in [-0.15, -0.1) is 0 Å². The minimum atomic E-state index is 0.0676. The van der Waals surface area contributed by atoms with Crippen molar-refractivity contribution in [3.05, 3.63) is 46.6 Å². The Morgan fingerprint density at radius 2 is 2.25 bits per heavy atom. The van der Waals surface area contributed by atoms with Crippen LogP contribution in [0.1, 0.15) is 5.56 Å². The molecule has 0 saturated carbocycles. The van der Waals surface area contributed by atoms with Crippen molar-refractivity contribution < 1.29 is 4.74 Å². The SMILES string of the molecule is [N-]=[N+]=NCOCCc1ccc2c(c1)Nc1cc-2ncn1. The fraction of sp³-hybridized carbons (Fsp3) is 0.231. The molecule has 0 spiro atoms. The highest BCUT2D eigenvalue weighted by molar-refractivity contribution is 5.83. The minimum Gasteiger partial charge on any atom is -0.375 e. The van der Waals surface area contributed by atoms with Crippen molar-refractivity contribution in [1.29, 1.82) is 0 Å². The fourth-order valence-electron chi connectivity index (χ4n) is 2.11. The van der Waals surface area contributed by atoms with E-state index in [1.54, 1.807) is 6.33 Å². The fourth-order valence-corrected chi connectivity index (χ4v) is 2.11. The molecule has 7 heteroatoms. The van der Waals surface area contributed by atoms with E-state index in [2.05, 4.69) is 31.4 Å². The normalized spacial score (nSPS) is 11.2. The third kappa shape index (κ3) is 2.54. The van der Waals surface area contributed by atoms with Crippen LogP contribution in [0.3, 0.4) is 0 Å². The van der Waals surface area contributed by atoms with E-state index < -0.39 is 0 Å². The molecule has 2 bridgehead atoms. The Bertz CT molecular complexity index is 680. The summed E-state index contributed by atoms with van der Waals surface area (Å²) in [6.07, 6.45) is 2.31. The van der Waals surface area contributed by atoms with Gasteiger partial charge < -0.3 is 10.1 Å². The average molecular weight is 268 g/mol. The highest BCUT2D eigenvalue weighted by Gasteiger charge is 2.14. The Balaban J connectivity index is 1.71. The third-order valence-corrected chi connectivity index (χ3v) is 3.04. The second-order valence-electron chi connectivity index (χ2n) is 4.31. The van der Waals surface area contributed by atoms with Gasteiger partial charge in [0.05, 0.1) is 12.3 Å².